The van der Waals surface area contributed by atoms with Crippen LogP contribution in [0.4, 0.5) is 0 Å². The number of aryl methyl sites for hydroxylation is 1. The minimum atomic E-state index is -0.382. The molecule has 2 aliphatic rings. The third-order valence-corrected chi connectivity index (χ3v) is 5.69. The number of carbonyl (C=O) groups excluding carboxylic acids is 2. The highest BCUT2D eigenvalue weighted by Gasteiger charge is 2.40. The van der Waals surface area contributed by atoms with Crippen molar-refractivity contribution in [2.75, 3.05) is 18.8 Å². The summed E-state index contributed by atoms with van der Waals surface area (Å²) in [6.07, 6.45) is 2.14. The van der Waals surface area contributed by atoms with Crippen LogP contribution in [0.3, 0.4) is 0 Å². The smallest absolute Gasteiger partial charge is 0.245 e. The van der Waals surface area contributed by atoms with Crippen LogP contribution in [0.25, 0.3) is 0 Å². The van der Waals surface area contributed by atoms with Crippen LogP contribution in [0, 0.1) is 6.92 Å². The summed E-state index contributed by atoms with van der Waals surface area (Å²) in [6.45, 7) is 5.57. The fraction of sp³-hybridized carbons (Fsp3) is 0.529. The van der Waals surface area contributed by atoms with Gasteiger partial charge in [0.25, 0.3) is 0 Å². The molecule has 3 rings (SSSR count). The van der Waals surface area contributed by atoms with Crippen LogP contribution in [0.5, 0.6) is 0 Å². The lowest BCUT2D eigenvalue weighted by Crippen LogP contribution is -2.47. The van der Waals surface area contributed by atoms with E-state index in [2.05, 4.69) is 24.3 Å². The highest BCUT2D eigenvalue weighted by molar-refractivity contribution is 8.00. The van der Waals surface area contributed by atoms with Crippen LogP contribution in [-0.4, -0.2) is 46.5 Å². The summed E-state index contributed by atoms with van der Waals surface area (Å²) < 4.78 is 0. The minimum Gasteiger partial charge on any atom is -0.341 e. The zero-order valence-electron chi connectivity index (χ0n) is 13.1. The van der Waals surface area contributed by atoms with Gasteiger partial charge in [0.05, 0.1) is 5.75 Å². The molecule has 1 aromatic rings. The van der Waals surface area contributed by atoms with Crippen molar-refractivity contribution in [3.8, 4) is 0 Å². The van der Waals surface area contributed by atoms with Crippen molar-refractivity contribution >= 4 is 23.6 Å². The van der Waals surface area contributed by atoms with Gasteiger partial charge in [-0.3, -0.25) is 9.59 Å². The normalized spacial score (nSPS) is 23.2. The maximum Gasteiger partial charge on any atom is 0.245 e. The Morgan fingerprint density at radius 2 is 1.86 bits per heavy atom. The molecule has 2 saturated heterocycles. The SMILES string of the molecule is Cc1ccc(C2SCC(=O)N2C(C)C(=O)N2CCCC2)cc1. The molecule has 2 unspecified atom stereocenters. The molecule has 0 radical (unpaired) electrons. The molecule has 5 heteroatoms. The van der Waals surface area contributed by atoms with Crippen LogP contribution < -0.4 is 0 Å². The zero-order chi connectivity index (χ0) is 15.7. The van der Waals surface area contributed by atoms with Crippen LogP contribution in [0.2, 0.25) is 0 Å². The van der Waals surface area contributed by atoms with E-state index < -0.39 is 0 Å². The second-order valence-electron chi connectivity index (χ2n) is 6.08. The first-order chi connectivity index (χ1) is 10.6. The molecule has 0 bridgehead atoms. The maximum absolute atomic E-state index is 12.6. The molecule has 0 aliphatic carbocycles. The highest BCUT2D eigenvalue weighted by Crippen LogP contribution is 2.40. The van der Waals surface area contributed by atoms with Gasteiger partial charge < -0.3 is 9.80 Å². The molecule has 118 valence electrons. The van der Waals surface area contributed by atoms with Gasteiger partial charge in [-0.25, -0.2) is 0 Å². The van der Waals surface area contributed by atoms with Gasteiger partial charge >= 0.3 is 0 Å². The third kappa shape index (κ3) is 2.86. The molecule has 1 aromatic carbocycles. The average Bonchev–Trinajstić information content (AvgIpc) is 3.16. The molecule has 0 saturated carbocycles. The van der Waals surface area contributed by atoms with Crippen molar-refractivity contribution in [1.82, 2.24) is 9.80 Å². The van der Waals surface area contributed by atoms with Crippen molar-refractivity contribution in [2.45, 2.75) is 38.1 Å². The molecule has 2 atom stereocenters. The van der Waals surface area contributed by atoms with Crippen molar-refractivity contribution in [2.24, 2.45) is 0 Å². The van der Waals surface area contributed by atoms with E-state index in [9.17, 15) is 9.59 Å². The first-order valence-electron chi connectivity index (χ1n) is 7.86. The number of thioether (sulfide) groups is 1. The lowest BCUT2D eigenvalue weighted by atomic mass is 10.1. The Kier molecular flexibility index (Phi) is 4.43. The number of rotatable bonds is 3. The molecular weight excluding hydrogens is 296 g/mol. The van der Waals surface area contributed by atoms with Gasteiger partial charge in [0.15, 0.2) is 0 Å². The summed E-state index contributed by atoms with van der Waals surface area (Å²) in [4.78, 5) is 28.6. The standard InChI is InChI=1S/C17H22N2O2S/c1-12-5-7-14(8-6-12)17-19(15(20)11-22-17)13(2)16(21)18-9-3-4-10-18/h5-8,13,17H,3-4,9-11H2,1-2H3. The van der Waals surface area contributed by atoms with Crippen LogP contribution >= 0.6 is 11.8 Å². The van der Waals surface area contributed by atoms with E-state index >= 15 is 0 Å². The fourth-order valence-corrected chi connectivity index (χ4v) is 4.42. The van der Waals surface area contributed by atoms with E-state index in [1.54, 1.807) is 16.7 Å². The average molecular weight is 318 g/mol. The van der Waals surface area contributed by atoms with Gasteiger partial charge in [0, 0.05) is 13.1 Å². The summed E-state index contributed by atoms with van der Waals surface area (Å²) in [5.74, 6) is 0.608. The molecule has 2 heterocycles. The maximum atomic E-state index is 12.6. The van der Waals surface area contributed by atoms with Crippen molar-refractivity contribution in [1.29, 1.82) is 0 Å². The largest absolute Gasteiger partial charge is 0.341 e. The Labute approximate surface area is 135 Å². The van der Waals surface area contributed by atoms with E-state index in [1.807, 2.05) is 18.7 Å². The first kappa shape index (κ1) is 15.4. The molecule has 4 nitrogen and oxygen atoms in total. The van der Waals surface area contributed by atoms with Gasteiger partial charge in [-0.05, 0) is 32.3 Å². The predicted octanol–water partition coefficient (Wildman–Crippen LogP) is 2.58. The van der Waals surface area contributed by atoms with Gasteiger partial charge in [-0.1, -0.05) is 29.8 Å². The molecular formula is C17H22N2O2S. The lowest BCUT2D eigenvalue weighted by Gasteiger charge is -2.32. The van der Waals surface area contributed by atoms with Crippen molar-refractivity contribution < 1.29 is 9.59 Å². The number of benzene rings is 1. The molecule has 2 aliphatic heterocycles. The summed E-state index contributed by atoms with van der Waals surface area (Å²) in [5.41, 5.74) is 2.30. The number of hydrogen-bond acceptors (Lipinski definition) is 3. The van der Waals surface area contributed by atoms with Crippen molar-refractivity contribution in [3.05, 3.63) is 35.4 Å². The lowest BCUT2D eigenvalue weighted by molar-refractivity contribution is -0.143. The summed E-state index contributed by atoms with van der Waals surface area (Å²) in [5, 5.41) is -0.0466. The predicted molar refractivity (Wildman–Crippen MR) is 88.5 cm³/mol. The Morgan fingerprint density at radius 1 is 1.23 bits per heavy atom. The van der Waals surface area contributed by atoms with E-state index in [-0.39, 0.29) is 23.2 Å². The quantitative estimate of drug-likeness (QED) is 0.860. The number of hydrogen-bond donors (Lipinski definition) is 0. The Bertz CT molecular complexity index is 567. The second-order valence-corrected chi connectivity index (χ2v) is 7.15. The number of amides is 2. The molecule has 2 fully saturated rings. The molecule has 2 amide bonds. The third-order valence-electron chi connectivity index (χ3n) is 4.46. The summed E-state index contributed by atoms with van der Waals surface area (Å²) in [7, 11) is 0. The number of carbonyl (C=O) groups is 2. The molecule has 0 N–H and O–H groups in total. The number of nitrogens with zero attached hydrogens (tertiary/aromatic N) is 2. The first-order valence-corrected chi connectivity index (χ1v) is 8.91. The van der Waals surface area contributed by atoms with E-state index in [4.69, 9.17) is 0 Å². The second kappa shape index (κ2) is 6.32. The van der Waals surface area contributed by atoms with Gasteiger partial charge in [0.1, 0.15) is 11.4 Å². The van der Waals surface area contributed by atoms with Crippen molar-refractivity contribution in [3.63, 3.8) is 0 Å². The van der Waals surface area contributed by atoms with Gasteiger partial charge in [-0.15, -0.1) is 11.8 Å². The monoisotopic (exact) mass is 318 g/mol. The number of likely N-dealkylation sites (tertiary alicyclic amines) is 1. The van der Waals surface area contributed by atoms with Crippen LogP contribution in [0.15, 0.2) is 24.3 Å². The van der Waals surface area contributed by atoms with E-state index in [0.29, 0.717) is 5.75 Å². The highest BCUT2D eigenvalue weighted by atomic mass is 32.2. The van der Waals surface area contributed by atoms with E-state index in [0.717, 1.165) is 31.5 Å². The van der Waals surface area contributed by atoms with Crippen LogP contribution in [-0.2, 0) is 9.59 Å². The topological polar surface area (TPSA) is 40.6 Å². The minimum absolute atomic E-state index is 0.0466. The summed E-state index contributed by atoms with van der Waals surface area (Å²) in [6, 6.07) is 7.86. The molecule has 0 spiro atoms. The van der Waals surface area contributed by atoms with Gasteiger partial charge in [-0.2, -0.15) is 0 Å². The zero-order valence-corrected chi connectivity index (χ0v) is 13.9. The Morgan fingerprint density at radius 3 is 2.50 bits per heavy atom. The van der Waals surface area contributed by atoms with Gasteiger partial charge in [0.2, 0.25) is 11.8 Å². The van der Waals surface area contributed by atoms with E-state index in [1.165, 1.54) is 5.56 Å². The Balaban J connectivity index is 1.80. The molecule has 22 heavy (non-hydrogen) atoms. The van der Waals surface area contributed by atoms with Crippen LogP contribution in [0.1, 0.15) is 36.3 Å². The summed E-state index contributed by atoms with van der Waals surface area (Å²) >= 11 is 1.61. The Hall–Kier alpha value is -1.49. The molecule has 0 aromatic heterocycles. The fourth-order valence-electron chi connectivity index (χ4n) is 3.16.